The molecule has 2 aromatic carbocycles. The molecule has 2 aromatic rings. The van der Waals surface area contributed by atoms with Gasteiger partial charge < -0.3 is 5.11 Å². The van der Waals surface area contributed by atoms with Gasteiger partial charge in [-0.1, -0.05) is 54.6 Å². The number of aliphatic hydroxyl groups is 1. The van der Waals surface area contributed by atoms with E-state index < -0.39 is 0 Å². The molecule has 0 spiro atoms. The summed E-state index contributed by atoms with van der Waals surface area (Å²) < 4.78 is 0. The first kappa shape index (κ1) is 10.5. The maximum atomic E-state index is 9.99. The lowest BCUT2D eigenvalue weighted by Crippen LogP contribution is -2.23. The van der Waals surface area contributed by atoms with Crippen LogP contribution in [0.5, 0.6) is 0 Å². The molecule has 0 heterocycles. The zero-order valence-electron chi connectivity index (χ0n) is 9.71. The maximum absolute atomic E-state index is 9.99. The average molecular weight is 224 g/mol. The molecule has 0 bridgehead atoms. The van der Waals surface area contributed by atoms with E-state index in [1.54, 1.807) is 0 Å². The molecule has 86 valence electrons. The molecule has 3 rings (SSSR count). The molecule has 0 fully saturated rings. The third-order valence-electron chi connectivity index (χ3n) is 3.60. The lowest BCUT2D eigenvalue weighted by molar-refractivity contribution is 0.152. The van der Waals surface area contributed by atoms with Gasteiger partial charge in [0, 0.05) is 5.92 Å². The summed E-state index contributed by atoms with van der Waals surface area (Å²) in [4.78, 5) is 0. The van der Waals surface area contributed by atoms with Crippen LogP contribution in [-0.4, -0.2) is 11.2 Å². The monoisotopic (exact) mass is 224 g/mol. The second kappa shape index (κ2) is 4.34. The molecule has 0 aliphatic heterocycles. The van der Waals surface area contributed by atoms with Crippen LogP contribution >= 0.6 is 0 Å². The number of rotatable bonds is 1. The first-order valence-electron chi connectivity index (χ1n) is 6.15. The lowest BCUT2D eigenvalue weighted by Gasteiger charge is -2.29. The van der Waals surface area contributed by atoms with Gasteiger partial charge in [0.15, 0.2) is 0 Å². The van der Waals surface area contributed by atoms with Crippen LogP contribution in [0.15, 0.2) is 54.6 Å². The van der Waals surface area contributed by atoms with Crippen molar-refractivity contribution in [1.82, 2.24) is 0 Å². The molecule has 0 saturated carbocycles. The van der Waals surface area contributed by atoms with Gasteiger partial charge in [0.25, 0.3) is 0 Å². The fourth-order valence-corrected chi connectivity index (χ4v) is 2.80. The molecule has 1 aliphatic carbocycles. The average Bonchev–Trinajstić information content (AvgIpc) is 2.39. The minimum atomic E-state index is -0.213. The largest absolute Gasteiger partial charge is 0.393 e. The Labute approximate surface area is 102 Å². The highest BCUT2D eigenvalue weighted by atomic mass is 16.3. The van der Waals surface area contributed by atoms with E-state index in [9.17, 15) is 5.11 Å². The standard InChI is InChI=1S/C16H16O/c17-14-10-13-8-4-5-9-15(13)16(11-14)12-6-2-1-3-7-12/h1-9,14,16-17H,10-11H2/t14-,16+/m1/s1. The van der Waals surface area contributed by atoms with Crippen molar-refractivity contribution >= 4 is 0 Å². The van der Waals surface area contributed by atoms with E-state index >= 15 is 0 Å². The van der Waals surface area contributed by atoms with Crippen molar-refractivity contribution in [2.75, 3.05) is 0 Å². The van der Waals surface area contributed by atoms with Crippen LogP contribution in [0.1, 0.15) is 29.0 Å². The van der Waals surface area contributed by atoms with E-state index in [1.165, 1.54) is 16.7 Å². The molecule has 0 amide bonds. The Morgan fingerprint density at radius 3 is 2.41 bits per heavy atom. The summed E-state index contributed by atoms with van der Waals surface area (Å²) in [5.41, 5.74) is 3.97. The van der Waals surface area contributed by atoms with E-state index in [2.05, 4.69) is 48.5 Å². The minimum absolute atomic E-state index is 0.213. The molecule has 0 unspecified atom stereocenters. The van der Waals surface area contributed by atoms with E-state index in [0.29, 0.717) is 5.92 Å². The molecule has 0 saturated heterocycles. The summed E-state index contributed by atoms with van der Waals surface area (Å²) in [5, 5.41) is 9.99. The third-order valence-corrected chi connectivity index (χ3v) is 3.60. The molecule has 0 aromatic heterocycles. The van der Waals surface area contributed by atoms with Gasteiger partial charge >= 0.3 is 0 Å². The summed E-state index contributed by atoms with van der Waals surface area (Å²) in [7, 11) is 0. The molecular weight excluding hydrogens is 208 g/mol. The van der Waals surface area contributed by atoms with Crippen LogP contribution in [0, 0.1) is 0 Å². The first-order valence-corrected chi connectivity index (χ1v) is 6.15. The summed E-state index contributed by atoms with van der Waals surface area (Å²) in [6.07, 6.45) is 1.41. The van der Waals surface area contributed by atoms with Gasteiger partial charge in [-0.3, -0.25) is 0 Å². The molecule has 1 nitrogen and oxygen atoms in total. The van der Waals surface area contributed by atoms with Gasteiger partial charge in [0.1, 0.15) is 0 Å². The van der Waals surface area contributed by atoms with Crippen molar-refractivity contribution in [1.29, 1.82) is 0 Å². The topological polar surface area (TPSA) is 20.2 Å². The van der Waals surface area contributed by atoms with Gasteiger partial charge in [-0.05, 0) is 29.5 Å². The van der Waals surface area contributed by atoms with Crippen LogP contribution in [-0.2, 0) is 6.42 Å². The molecule has 1 aliphatic rings. The van der Waals surface area contributed by atoms with Crippen molar-refractivity contribution in [3.05, 3.63) is 71.3 Å². The van der Waals surface area contributed by atoms with E-state index in [4.69, 9.17) is 0 Å². The highest BCUT2D eigenvalue weighted by molar-refractivity contribution is 5.40. The SMILES string of the molecule is O[C@@H]1Cc2ccccc2[C@H](c2ccccc2)C1. The number of hydrogen-bond donors (Lipinski definition) is 1. The highest BCUT2D eigenvalue weighted by Gasteiger charge is 2.26. The fourth-order valence-electron chi connectivity index (χ4n) is 2.80. The molecule has 1 heteroatoms. The van der Waals surface area contributed by atoms with E-state index in [-0.39, 0.29) is 6.10 Å². The number of aliphatic hydroxyl groups excluding tert-OH is 1. The highest BCUT2D eigenvalue weighted by Crippen LogP contribution is 2.36. The van der Waals surface area contributed by atoms with Crippen molar-refractivity contribution in [2.45, 2.75) is 24.9 Å². The predicted octanol–water partition coefficient (Wildman–Crippen LogP) is 3.13. The summed E-state index contributed by atoms with van der Waals surface area (Å²) in [6.45, 7) is 0. The number of hydrogen-bond acceptors (Lipinski definition) is 1. The van der Waals surface area contributed by atoms with Crippen LogP contribution in [0.25, 0.3) is 0 Å². The molecule has 2 atom stereocenters. The normalized spacial score (nSPS) is 23.1. The smallest absolute Gasteiger partial charge is 0.0589 e. The Kier molecular flexibility index (Phi) is 2.69. The minimum Gasteiger partial charge on any atom is -0.393 e. The van der Waals surface area contributed by atoms with Gasteiger partial charge in [0.05, 0.1) is 6.10 Å². The quantitative estimate of drug-likeness (QED) is 0.789. The maximum Gasteiger partial charge on any atom is 0.0589 e. The second-order valence-electron chi connectivity index (χ2n) is 4.76. The van der Waals surface area contributed by atoms with Crippen molar-refractivity contribution in [3.8, 4) is 0 Å². The van der Waals surface area contributed by atoms with Gasteiger partial charge in [-0.25, -0.2) is 0 Å². The van der Waals surface area contributed by atoms with Crippen LogP contribution < -0.4 is 0 Å². The Morgan fingerprint density at radius 1 is 0.882 bits per heavy atom. The Balaban J connectivity index is 2.07. The third kappa shape index (κ3) is 1.98. The molecule has 17 heavy (non-hydrogen) atoms. The summed E-state index contributed by atoms with van der Waals surface area (Å²) in [6, 6.07) is 18.9. The van der Waals surface area contributed by atoms with Crippen LogP contribution in [0.4, 0.5) is 0 Å². The lowest BCUT2D eigenvalue weighted by atomic mass is 9.78. The van der Waals surface area contributed by atoms with Gasteiger partial charge in [0.2, 0.25) is 0 Å². The van der Waals surface area contributed by atoms with Crippen molar-refractivity contribution in [3.63, 3.8) is 0 Å². The Bertz CT molecular complexity index is 504. The van der Waals surface area contributed by atoms with Crippen molar-refractivity contribution in [2.24, 2.45) is 0 Å². The molecule has 0 radical (unpaired) electrons. The van der Waals surface area contributed by atoms with Gasteiger partial charge in [-0.2, -0.15) is 0 Å². The first-order chi connectivity index (χ1) is 8.34. The van der Waals surface area contributed by atoms with E-state index in [1.807, 2.05) is 6.07 Å². The van der Waals surface area contributed by atoms with Gasteiger partial charge in [-0.15, -0.1) is 0 Å². The summed E-state index contributed by atoms with van der Waals surface area (Å²) in [5.74, 6) is 0.344. The molecular formula is C16H16O. The Hall–Kier alpha value is -1.60. The van der Waals surface area contributed by atoms with Crippen molar-refractivity contribution < 1.29 is 5.11 Å². The Morgan fingerprint density at radius 2 is 1.59 bits per heavy atom. The predicted molar refractivity (Wildman–Crippen MR) is 69.1 cm³/mol. The summed E-state index contributed by atoms with van der Waals surface area (Å²) >= 11 is 0. The fraction of sp³-hybridized carbons (Fsp3) is 0.250. The van der Waals surface area contributed by atoms with Crippen LogP contribution in [0.3, 0.4) is 0 Å². The van der Waals surface area contributed by atoms with E-state index in [0.717, 1.165) is 12.8 Å². The zero-order chi connectivity index (χ0) is 11.7. The number of benzene rings is 2. The number of fused-ring (bicyclic) bond motifs is 1. The molecule has 1 N–H and O–H groups in total. The zero-order valence-corrected chi connectivity index (χ0v) is 9.71. The second-order valence-corrected chi connectivity index (χ2v) is 4.76. The van der Waals surface area contributed by atoms with Crippen LogP contribution in [0.2, 0.25) is 0 Å².